The van der Waals surface area contributed by atoms with Crippen LogP contribution in [0.1, 0.15) is 24.0 Å². The van der Waals surface area contributed by atoms with E-state index < -0.39 is 5.97 Å². The second-order valence-electron chi connectivity index (χ2n) is 3.94. The van der Waals surface area contributed by atoms with Crippen molar-refractivity contribution in [1.82, 2.24) is 0 Å². The summed E-state index contributed by atoms with van der Waals surface area (Å²) in [5.74, 6) is 0.101. The Hall–Kier alpha value is -1.77. The number of methoxy groups -OCH3 is 1. The van der Waals surface area contributed by atoms with E-state index in [0.29, 0.717) is 6.42 Å². The van der Waals surface area contributed by atoms with Crippen molar-refractivity contribution in [3.05, 3.63) is 34.9 Å². The maximum Gasteiger partial charge on any atom is 0.303 e. The normalized spacial score (nSPS) is 13.2. The standard InChI is InChI=1S/C13H14O3/c1-16-12-4-3-10-6-9(2-5-13(14)15)7-11(10)8-12/h3-4,7-8H,2,5-6H2,1H3,(H,14,15). The molecule has 0 bridgehead atoms. The van der Waals surface area contributed by atoms with Crippen molar-refractivity contribution in [2.75, 3.05) is 7.11 Å². The molecule has 0 aliphatic heterocycles. The zero-order chi connectivity index (χ0) is 11.5. The van der Waals surface area contributed by atoms with Crippen LogP contribution in [0.2, 0.25) is 0 Å². The molecule has 1 N–H and O–H groups in total. The van der Waals surface area contributed by atoms with Gasteiger partial charge in [0.25, 0.3) is 0 Å². The van der Waals surface area contributed by atoms with Crippen molar-refractivity contribution in [1.29, 1.82) is 0 Å². The molecular formula is C13H14O3. The third-order valence-electron chi connectivity index (χ3n) is 2.79. The van der Waals surface area contributed by atoms with Crippen LogP contribution in [0.4, 0.5) is 0 Å². The lowest BCUT2D eigenvalue weighted by Gasteiger charge is -2.02. The number of hydrogen-bond acceptors (Lipinski definition) is 2. The Bertz CT molecular complexity index is 446. The molecule has 0 fully saturated rings. The third kappa shape index (κ3) is 2.24. The van der Waals surface area contributed by atoms with E-state index in [2.05, 4.69) is 6.08 Å². The molecule has 1 aromatic carbocycles. The van der Waals surface area contributed by atoms with Gasteiger partial charge in [-0.1, -0.05) is 17.7 Å². The van der Waals surface area contributed by atoms with E-state index in [1.165, 1.54) is 11.1 Å². The Kier molecular flexibility index (Phi) is 2.95. The molecule has 84 valence electrons. The van der Waals surface area contributed by atoms with Gasteiger partial charge in [-0.25, -0.2) is 0 Å². The van der Waals surface area contributed by atoms with Crippen molar-refractivity contribution < 1.29 is 14.6 Å². The van der Waals surface area contributed by atoms with Gasteiger partial charge in [0.05, 0.1) is 7.11 Å². The summed E-state index contributed by atoms with van der Waals surface area (Å²) in [6.07, 6.45) is 3.77. The maximum atomic E-state index is 10.5. The Balaban J connectivity index is 2.10. The summed E-state index contributed by atoms with van der Waals surface area (Å²) in [5.41, 5.74) is 3.59. The van der Waals surface area contributed by atoms with Crippen molar-refractivity contribution in [2.24, 2.45) is 0 Å². The minimum atomic E-state index is -0.741. The summed E-state index contributed by atoms with van der Waals surface area (Å²) in [6, 6.07) is 5.97. The van der Waals surface area contributed by atoms with Crippen LogP contribution in [-0.4, -0.2) is 18.2 Å². The van der Waals surface area contributed by atoms with Crippen molar-refractivity contribution in [3.63, 3.8) is 0 Å². The van der Waals surface area contributed by atoms with Gasteiger partial charge in [-0.3, -0.25) is 4.79 Å². The van der Waals surface area contributed by atoms with Gasteiger partial charge in [0, 0.05) is 6.42 Å². The summed E-state index contributed by atoms with van der Waals surface area (Å²) < 4.78 is 5.15. The highest BCUT2D eigenvalue weighted by Gasteiger charge is 2.13. The van der Waals surface area contributed by atoms with Crippen LogP contribution in [0.5, 0.6) is 5.75 Å². The van der Waals surface area contributed by atoms with Gasteiger partial charge in [0.2, 0.25) is 0 Å². The molecule has 0 radical (unpaired) electrons. The summed E-state index contributed by atoms with van der Waals surface area (Å²) in [4.78, 5) is 10.5. The van der Waals surface area contributed by atoms with E-state index in [-0.39, 0.29) is 6.42 Å². The average molecular weight is 218 g/mol. The fourth-order valence-electron chi connectivity index (χ4n) is 1.94. The first-order chi connectivity index (χ1) is 7.69. The van der Waals surface area contributed by atoms with Crippen molar-refractivity contribution in [3.8, 4) is 5.75 Å². The SMILES string of the molecule is COc1ccc2c(c1)C=C(CCC(=O)O)C2. The van der Waals surface area contributed by atoms with E-state index in [1.807, 2.05) is 18.2 Å². The van der Waals surface area contributed by atoms with Crippen LogP contribution < -0.4 is 4.74 Å². The number of carboxylic acids is 1. The lowest BCUT2D eigenvalue weighted by molar-refractivity contribution is -0.136. The van der Waals surface area contributed by atoms with E-state index >= 15 is 0 Å². The molecule has 1 aliphatic rings. The smallest absolute Gasteiger partial charge is 0.303 e. The Morgan fingerprint density at radius 3 is 3.00 bits per heavy atom. The van der Waals surface area contributed by atoms with Gasteiger partial charge in [-0.15, -0.1) is 0 Å². The fraction of sp³-hybridized carbons (Fsp3) is 0.308. The molecule has 16 heavy (non-hydrogen) atoms. The summed E-state index contributed by atoms with van der Waals surface area (Å²) in [7, 11) is 1.64. The minimum Gasteiger partial charge on any atom is -0.497 e. The van der Waals surface area contributed by atoms with E-state index in [1.54, 1.807) is 7.11 Å². The predicted molar refractivity (Wildman–Crippen MR) is 61.5 cm³/mol. The summed E-state index contributed by atoms with van der Waals surface area (Å²) in [6.45, 7) is 0. The number of allylic oxidation sites excluding steroid dienone is 1. The molecule has 0 saturated heterocycles. The zero-order valence-electron chi connectivity index (χ0n) is 9.19. The minimum absolute atomic E-state index is 0.205. The van der Waals surface area contributed by atoms with Gasteiger partial charge in [0.1, 0.15) is 5.75 Å². The third-order valence-corrected chi connectivity index (χ3v) is 2.79. The van der Waals surface area contributed by atoms with E-state index in [9.17, 15) is 4.79 Å². The number of benzene rings is 1. The average Bonchev–Trinajstić information content (AvgIpc) is 2.67. The molecular weight excluding hydrogens is 204 g/mol. The second-order valence-corrected chi connectivity index (χ2v) is 3.94. The maximum absolute atomic E-state index is 10.5. The van der Waals surface area contributed by atoms with Crippen LogP contribution >= 0.6 is 0 Å². The molecule has 0 unspecified atom stereocenters. The number of ether oxygens (including phenoxy) is 1. The molecule has 3 heteroatoms. The van der Waals surface area contributed by atoms with E-state index in [0.717, 1.165) is 17.7 Å². The van der Waals surface area contributed by atoms with Crippen LogP contribution in [-0.2, 0) is 11.2 Å². The first kappa shape index (κ1) is 10.7. The molecule has 0 heterocycles. The summed E-state index contributed by atoms with van der Waals surface area (Å²) >= 11 is 0. The largest absolute Gasteiger partial charge is 0.497 e. The van der Waals surface area contributed by atoms with Gasteiger partial charge in [-0.2, -0.15) is 0 Å². The Morgan fingerprint density at radius 1 is 1.50 bits per heavy atom. The molecule has 1 aliphatic carbocycles. The molecule has 2 rings (SSSR count). The van der Waals surface area contributed by atoms with Crippen molar-refractivity contribution >= 4 is 12.0 Å². The number of hydrogen-bond donors (Lipinski definition) is 1. The lowest BCUT2D eigenvalue weighted by atomic mass is 10.1. The number of aliphatic carboxylic acids is 1. The molecule has 0 saturated carbocycles. The van der Waals surface area contributed by atoms with Crippen molar-refractivity contribution in [2.45, 2.75) is 19.3 Å². The Labute approximate surface area is 94.4 Å². The van der Waals surface area contributed by atoms with Gasteiger partial charge in [0.15, 0.2) is 0 Å². The number of carbonyl (C=O) groups is 1. The molecule has 0 amide bonds. The molecule has 0 spiro atoms. The number of carboxylic acid groups (broad SMARTS) is 1. The highest BCUT2D eigenvalue weighted by molar-refractivity contribution is 5.69. The molecule has 0 atom stereocenters. The second kappa shape index (κ2) is 4.39. The first-order valence-electron chi connectivity index (χ1n) is 5.27. The topological polar surface area (TPSA) is 46.5 Å². The fourth-order valence-corrected chi connectivity index (χ4v) is 1.94. The summed E-state index contributed by atoms with van der Waals surface area (Å²) in [5, 5.41) is 8.63. The van der Waals surface area contributed by atoms with Gasteiger partial charge >= 0.3 is 5.97 Å². The van der Waals surface area contributed by atoms with Crippen LogP contribution in [0.15, 0.2) is 23.8 Å². The molecule has 0 aromatic heterocycles. The number of rotatable bonds is 4. The predicted octanol–water partition coefficient (Wildman–Crippen LogP) is 2.50. The zero-order valence-corrected chi connectivity index (χ0v) is 9.19. The first-order valence-corrected chi connectivity index (χ1v) is 5.27. The number of fused-ring (bicyclic) bond motifs is 1. The Morgan fingerprint density at radius 2 is 2.31 bits per heavy atom. The van der Waals surface area contributed by atoms with E-state index in [4.69, 9.17) is 9.84 Å². The molecule has 3 nitrogen and oxygen atoms in total. The lowest BCUT2D eigenvalue weighted by Crippen LogP contribution is -1.95. The van der Waals surface area contributed by atoms with Crippen LogP contribution in [0.25, 0.3) is 6.08 Å². The quantitative estimate of drug-likeness (QED) is 0.844. The molecule has 1 aromatic rings. The van der Waals surface area contributed by atoms with Crippen LogP contribution in [0, 0.1) is 0 Å². The monoisotopic (exact) mass is 218 g/mol. The highest BCUT2D eigenvalue weighted by atomic mass is 16.5. The van der Waals surface area contributed by atoms with Gasteiger partial charge in [-0.05, 0) is 36.1 Å². The van der Waals surface area contributed by atoms with Crippen LogP contribution in [0.3, 0.4) is 0 Å². The van der Waals surface area contributed by atoms with Gasteiger partial charge < -0.3 is 9.84 Å². The highest BCUT2D eigenvalue weighted by Crippen LogP contribution is 2.30.